The second-order valence-corrected chi connectivity index (χ2v) is 4.81. The van der Waals surface area contributed by atoms with Crippen LogP contribution in [-0.4, -0.2) is 26.3 Å². The first-order chi connectivity index (χ1) is 8.90. The molecule has 1 saturated carbocycles. The first kappa shape index (κ1) is 13.1. The molecule has 1 aromatic carbocycles. The van der Waals surface area contributed by atoms with Crippen molar-refractivity contribution < 1.29 is 4.74 Å². The highest BCUT2D eigenvalue weighted by Crippen LogP contribution is 2.28. The first-order valence-electron chi connectivity index (χ1n) is 6.63. The fraction of sp³-hybridized carbons (Fsp3) is 0.533. The Hall–Kier alpha value is -1.37. The molecular formula is C15H20N2O. The van der Waals surface area contributed by atoms with Gasteiger partial charge < -0.3 is 10.1 Å². The van der Waals surface area contributed by atoms with E-state index in [1.165, 1.54) is 12.8 Å². The summed E-state index contributed by atoms with van der Waals surface area (Å²) in [4.78, 5) is 0. The van der Waals surface area contributed by atoms with Crippen molar-refractivity contribution in [2.24, 2.45) is 5.92 Å². The molecule has 0 radical (unpaired) electrons. The molecule has 2 rings (SSSR count). The van der Waals surface area contributed by atoms with Crippen LogP contribution in [0.1, 0.15) is 24.3 Å². The van der Waals surface area contributed by atoms with Crippen LogP contribution < -0.4 is 5.32 Å². The highest BCUT2D eigenvalue weighted by molar-refractivity contribution is 5.24. The Bertz CT molecular complexity index is 381. The van der Waals surface area contributed by atoms with E-state index in [1.807, 2.05) is 30.3 Å². The fourth-order valence-electron chi connectivity index (χ4n) is 1.85. The molecule has 1 atom stereocenters. The Morgan fingerprint density at radius 2 is 2.11 bits per heavy atom. The molecule has 3 nitrogen and oxygen atoms in total. The van der Waals surface area contributed by atoms with Crippen LogP contribution in [0, 0.1) is 17.2 Å². The molecule has 0 aliphatic heterocycles. The van der Waals surface area contributed by atoms with Crippen molar-refractivity contribution in [3.05, 3.63) is 35.9 Å². The zero-order chi connectivity index (χ0) is 12.6. The predicted molar refractivity (Wildman–Crippen MR) is 71.2 cm³/mol. The van der Waals surface area contributed by atoms with Gasteiger partial charge >= 0.3 is 0 Å². The first-order valence-corrected chi connectivity index (χ1v) is 6.63. The molecule has 0 amide bonds. The maximum Gasteiger partial charge on any atom is 0.0837 e. The number of rotatable bonds is 8. The van der Waals surface area contributed by atoms with E-state index in [9.17, 15) is 0 Å². The predicted octanol–water partition coefficient (Wildman–Crippen LogP) is 2.31. The van der Waals surface area contributed by atoms with E-state index in [0.29, 0.717) is 6.54 Å². The third-order valence-corrected chi connectivity index (χ3v) is 3.18. The molecule has 1 aromatic rings. The monoisotopic (exact) mass is 244 g/mol. The molecule has 0 heterocycles. The highest BCUT2D eigenvalue weighted by atomic mass is 16.5. The number of hydrogen-bond acceptors (Lipinski definition) is 3. The van der Waals surface area contributed by atoms with Gasteiger partial charge in [0.05, 0.1) is 18.6 Å². The Morgan fingerprint density at radius 1 is 1.33 bits per heavy atom. The molecule has 1 aliphatic carbocycles. The van der Waals surface area contributed by atoms with Crippen molar-refractivity contribution in [3.63, 3.8) is 0 Å². The number of hydrogen-bond donors (Lipinski definition) is 1. The topological polar surface area (TPSA) is 45.0 Å². The van der Waals surface area contributed by atoms with Gasteiger partial charge in [0.25, 0.3) is 0 Å². The summed E-state index contributed by atoms with van der Waals surface area (Å²) >= 11 is 0. The van der Waals surface area contributed by atoms with Crippen molar-refractivity contribution in [2.45, 2.75) is 18.8 Å². The van der Waals surface area contributed by atoms with Gasteiger partial charge in [-0.05, 0) is 24.3 Å². The minimum absolute atomic E-state index is 0.0744. The van der Waals surface area contributed by atoms with Crippen LogP contribution in [0.2, 0.25) is 0 Å². The second kappa shape index (κ2) is 7.15. The zero-order valence-electron chi connectivity index (χ0n) is 10.6. The van der Waals surface area contributed by atoms with Crippen molar-refractivity contribution in [1.82, 2.24) is 5.32 Å². The summed E-state index contributed by atoms with van der Waals surface area (Å²) in [6.07, 6.45) is 2.66. The number of nitrogens with zero attached hydrogens (tertiary/aromatic N) is 1. The van der Waals surface area contributed by atoms with Crippen LogP contribution in [-0.2, 0) is 4.74 Å². The van der Waals surface area contributed by atoms with E-state index >= 15 is 0 Å². The number of ether oxygens (including phenoxy) is 1. The van der Waals surface area contributed by atoms with Crippen molar-refractivity contribution in [1.29, 1.82) is 5.26 Å². The lowest BCUT2D eigenvalue weighted by Gasteiger charge is -2.11. The van der Waals surface area contributed by atoms with Crippen LogP contribution in [0.4, 0.5) is 0 Å². The molecule has 0 bridgehead atoms. The molecule has 0 spiro atoms. The molecule has 0 aromatic heterocycles. The molecule has 0 saturated heterocycles. The van der Waals surface area contributed by atoms with Gasteiger partial charge in [-0.3, -0.25) is 0 Å². The molecule has 1 unspecified atom stereocenters. The normalized spacial score (nSPS) is 16.2. The van der Waals surface area contributed by atoms with Gasteiger partial charge in [0.15, 0.2) is 0 Å². The highest BCUT2D eigenvalue weighted by Gasteiger charge is 2.20. The smallest absolute Gasteiger partial charge is 0.0837 e. The Kier molecular flexibility index (Phi) is 5.19. The fourth-order valence-corrected chi connectivity index (χ4v) is 1.85. The van der Waals surface area contributed by atoms with Crippen LogP contribution in [0.3, 0.4) is 0 Å². The van der Waals surface area contributed by atoms with E-state index in [4.69, 9.17) is 10.00 Å². The van der Waals surface area contributed by atoms with Gasteiger partial charge in [-0.1, -0.05) is 30.3 Å². The van der Waals surface area contributed by atoms with Gasteiger partial charge in [-0.2, -0.15) is 5.26 Å². The minimum atomic E-state index is -0.0744. The van der Waals surface area contributed by atoms with Crippen molar-refractivity contribution >= 4 is 0 Å². The molecular weight excluding hydrogens is 224 g/mol. The summed E-state index contributed by atoms with van der Waals surface area (Å²) in [6.45, 7) is 3.15. The summed E-state index contributed by atoms with van der Waals surface area (Å²) in [5.41, 5.74) is 1.08. The maximum absolute atomic E-state index is 9.14. The Balaban J connectivity index is 1.60. The lowest BCUT2D eigenvalue weighted by atomic mass is 10.0. The van der Waals surface area contributed by atoms with E-state index in [0.717, 1.165) is 31.2 Å². The third kappa shape index (κ3) is 4.48. The van der Waals surface area contributed by atoms with Crippen molar-refractivity contribution in [3.8, 4) is 6.07 Å². The van der Waals surface area contributed by atoms with Crippen LogP contribution in [0.15, 0.2) is 30.3 Å². The Morgan fingerprint density at radius 3 is 2.78 bits per heavy atom. The quantitative estimate of drug-likeness (QED) is 0.714. The lowest BCUT2D eigenvalue weighted by molar-refractivity contribution is 0.126. The summed E-state index contributed by atoms with van der Waals surface area (Å²) in [5.74, 6) is 0.746. The van der Waals surface area contributed by atoms with Crippen LogP contribution in [0.5, 0.6) is 0 Å². The third-order valence-electron chi connectivity index (χ3n) is 3.18. The van der Waals surface area contributed by atoms with Gasteiger partial charge in [-0.15, -0.1) is 0 Å². The molecule has 1 aliphatic rings. The molecule has 18 heavy (non-hydrogen) atoms. The van der Waals surface area contributed by atoms with Crippen LogP contribution in [0.25, 0.3) is 0 Å². The number of nitrogens with one attached hydrogen (secondary N) is 1. The summed E-state index contributed by atoms with van der Waals surface area (Å²) < 4.78 is 5.53. The summed E-state index contributed by atoms with van der Waals surface area (Å²) in [7, 11) is 0. The maximum atomic E-state index is 9.14. The van der Waals surface area contributed by atoms with Crippen LogP contribution >= 0.6 is 0 Å². The Labute approximate surface area is 109 Å². The van der Waals surface area contributed by atoms with E-state index in [2.05, 4.69) is 11.4 Å². The molecule has 3 heteroatoms. The molecule has 1 N–H and O–H groups in total. The molecule has 96 valence electrons. The second-order valence-electron chi connectivity index (χ2n) is 4.81. The lowest BCUT2D eigenvalue weighted by Crippen LogP contribution is -2.25. The van der Waals surface area contributed by atoms with E-state index in [1.54, 1.807) is 0 Å². The van der Waals surface area contributed by atoms with Crippen molar-refractivity contribution in [2.75, 3.05) is 26.3 Å². The average molecular weight is 244 g/mol. The van der Waals surface area contributed by atoms with E-state index in [-0.39, 0.29) is 5.92 Å². The zero-order valence-corrected chi connectivity index (χ0v) is 10.6. The van der Waals surface area contributed by atoms with E-state index < -0.39 is 0 Å². The number of benzene rings is 1. The van der Waals surface area contributed by atoms with Gasteiger partial charge in [0.2, 0.25) is 0 Å². The minimum Gasteiger partial charge on any atom is -0.380 e. The van der Waals surface area contributed by atoms with Gasteiger partial charge in [0, 0.05) is 19.7 Å². The summed E-state index contributed by atoms with van der Waals surface area (Å²) in [5, 5.41) is 12.4. The summed E-state index contributed by atoms with van der Waals surface area (Å²) in [6, 6.07) is 12.2. The SMILES string of the molecule is N#CC(CNCCOCC1CC1)c1ccccc1. The van der Waals surface area contributed by atoms with Gasteiger partial charge in [0.1, 0.15) is 0 Å². The van der Waals surface area contributed by atoms with Gasteiger partial charge in [-0.25, -0.2) is 0 Å². The standard InChI is InChI=1S/C15H20N2O/c16-10-15(14-4-2-1-3-5-14)11-17-8-9-18-12-13-6-7-13/h1-5,13,15,17H,6-9,11-12H2. The number of nitriles is 1. The average Bonchev–Trinajstić information content (AvgIpc) is 3.23. The largest absolute Gasteiger partial charge is 0.380 e. The molecule has 1 fully saturated rings.